The van der Waals surface area contributed by atoms with Crippen molar-refractivity contribution < 1.29 is 13.2 Å². The molecule has 25 heavy (non-hydrogen) atoms. The summed E-state index contributed by atoms with van der Waals surface area (Å²) in [6.45, 7) is 6.46. The van der Waals surface area contributed by atoms with Gasteiger partial charge in [-0.2, -0.15) is 13.2 Å². The monoisotopic (exact) mass is 361 g/mol. The van der Waals surface area contributed by atoms with E-state index in [0.29, 0.717) is 5.56 Å². The zero-order valence-electron chi connectivity index (χ0n) is 15.1. The van der Waals surface area contributed by atoms with Gasteiger partial charge < -0.3 is 4.90 Å². The van der Waals surface area contributed by atoms with E-state index in [1.54, 1.807) is 18.2 Å². The van der Waals surface area contributed by atoms with Gasteiger partial charge in [0.2, 0.25) is 0 Å². The minimum absolute atomic E-state index is 0.184. The molecule has 1 nitrogen and oxygen atoms in total. The molecule has 0 spiro atoms. The SMILES string of the molecule is CN(C)c1cc(C#C[Si](C)(C)C)ccc1-c1ccccc1C(F)(F)F. The van der Waals surface area contributed by atoms with Crippen molar-refractivity contribution in [1.82, 2.24) is 0 Å². The maximum absolute atomic E-state index is 13.4. The molecule has 0 bridgehead atoms. The molecule has 5 heteroatoms. The molecule has 0 N–H and O–H groups in total. The lowest BCUT2D eigenvalue weighted by atomic mass is 9.96. The van der Waals surface area contributed by atoms with Crippen LogP contribution < -0.4 is 4.90 Å². The van der Waals surface area contributed by atoms with E-state index >= 15 is 0 Å². The predicted octanol–water partition coefficient (Wildman–Crippen LogP) is 5.67. The van der Waals surface area contributed by atoms with Crippen LogP contribution in [-0.2, 0) is 6.18 Å². The zero-order valence-corrected chi connectivity index (χ0v) is 16.1. The fourth-order valence-electron chi connectivity index (χ4n) is 2.43. The van der Waals surface area contributed by atoms with Crippen LogP contribution in [0.25, 0.3) is 11.1 Å². The summed E-state index contributed by atoms with van der Waals surface area (Å²) in [5, 5.41) is 0. The molecule has 0 fully saturated rings. The number of benzene rings is 2. The standard InChI is InChI=1S/C20H22F3NSi/c1-24(2)19-14-15(12-13-25(3,4)5)10-11-17(19)16-8-6-7-9-18(16)20(21,22)23/h6-11,14H,1-5H3. The van der Waals surface area contributed by atoms with Gasteiger partial charge in [-0.15, -0.1) is 5.54 Å². The van der Waals surface area contributed by atoms with Crippen LogP contribution in [0.4, 0.5) is 18.9 Å². The lowest BCUT2D eigenvalue weighted by molar-refractivity contribution is -0.137. The van der Waals surface area contributed by atoms with Crippen LogP contribution >= 0.6 is 0 Å². The van der Waals surface area contributed by atoms with Crippen LogP contribution in [0.15, 0.2) is 42.5 Å². The minimum Gasteiger partial charge on any atom is -0.377 e. The molecule has 132 valence electrons. The normalized spacial score (nSPS) is 11.7. The molecule has 0 aliphatic rings. The number of halogens is 3. The van der Waals surface area contributed by atoms with Gasteiger partial charge in [-0.05, 0) is 23.8 Å². The first kappa shape index (κ1) is 19.1. The largest absolute Gasteiger partial charge is 0.417 e. The van der Waals surface area contributed by atoms with Crippen molar-refractivity contribution in [3.63, 3.8) is 0 Å². The molecule has 0 heterocycles. The van der Waals surface area contributed by atoms with Crippen molar-refractivity contribution in [3.8, 4) is 22.6 Å². The molecule has 0 unspecified atom stereocenters. The van der Waals surface area contributed by atoms with E-state index in [-0.39, 0.29) is 5.56 Å². The lowest BCUT2D eigenvalue weighted by Crippen LogP contribution is -2.16. The minimum atomic E-state index is -4.39. The van der Waals surface area contributed by atoms with Gasteiger partial charge in [-0.1, -0.05) is 49.8 Å². The van der Waals surface area contributed by atoms with Crippen LogP contribution in [0.5, 0.6) is 0 Å². The average Bonchev–Trinajstić information content (AvgIpc) is 2.51. The average molecular weight is 361 g/mol. The Balaban J connectivity index is 2.62. The van der Waals surface area contributed by atoms with Gasteiger partial charge in [-0.25, -0.2) is 0 Å². The number of anilines is 1. The first-order valence-corrected chi connectivity index (χ1v) is 11.5. The van der Waals surface area contributed by atoms with E-state index in [4.69, 9.17) is 0 Å². The third kappa shape index (κ3) is 4.89. The first-order chi connectivity index (χ1) is 11.5. The highest BCUT2D eigenvalue weighted by Crippen LogP contribution is 2.40. The number of alkyl halides is 3. The molecule has 2 aromatic carbocycles. The van der Waals surface area contributed by atoms with Gasteiger partial charge in [0.25, 0.3) is 0 Å². The summed E-state index contributed by atoms with van der Waals surface area (Å²) in [7, 11) is 2.13. The van der Waals surface area contributed by atoms with Crippen LogP contribution in [0.3, 0.4) is 0 Å². The summed E-state index contributed by atoms with van der Waals surface area (Å²) in [4.78, 5) is 1.82. The van der Waals surface area contributed by atoms with Crippen molar-refractivity contribution in [3.05, 3.63) is 53.6 Å². The summed E-state index contributed by atoms with van der Waals surface area (Å²) in [6.07, 6.45) is -4.39. The molecule has 0 saturated carbocycles. The Morgan fingerprint density at radius 3 is 2.12 bits per heavy atom. The van der Waals surface area contributed by atoms with E-state index in [0.717, 1.165) is 17.3 Å². The number of hydrogen-bond acceptors (Lipinski definition) is 1. The van der Waals surface area contributed by atoms with Gasteiger partial charge in [0.15, 0.2) is 0 Å². The maximum atomic E-state index is 13.4. The Morgan fingerprint density at radius 2 is 1.56 bits per heavy atom. The molecule has 0 saturated heterocycles. The fraction of sp³-hybridized carbons (Fsp3) is 0.300. The van der Waals surface area contributed by atoms with Crippen molar-refractivity contribution in [1.29, 1.82) is 0 Å². The molecule has 2 aromatic rings. The Bertz CT molecular complexity index is 821. The molecule has 0 aromatic heterocycles. The summed E-state index contributed by atoms with van der Waals surface area (Å²) in [5.41, 5.74) is 4.94. The van der Waals surface area contributed by atoms with E-state index in [1.165, 1.54) is 12.1 Å². The highest BCUT2D eigenvalue weighted by atomic mass is 28.3. The molecule has 0 amide bonds. The second kappa shape index (κ2) is 6.97. The van der Waals surface area contributed by atoms with E-state index in [9.17, 15) is 13.2 Å². The highest BCUT2D eigenvalue weighted by molar-refractivity contribution is 6.83. The Morgan fingerprint density at radius 1 is 0.920 bits per heavy atom. The quantitative estimate of drug-likeness (QED) is 0.492. The van der Waals surface area contributed by atoms with Gasteiger partial charge in [0.1, 0.15) is 8.07 Å². The fourth-order valence-corrected chi connectivity index (χ4v) is 2.95. The van der Waals surface area contributed by atoms with Crippen LogP contribution in [0.1, 0.15) is 11.1 Å². The Labute approximate surface area is 148 Å². The first-order valence-electron chi connectivity index (χ1n) is 8.00. The van der Waals surface area contributed by atoms with Crippen molar-refractivity contribution in [2.45, 2.75) is 25.8 Å². The summed E-state index contributed by atoms with van der Waals surface area (Å²) < 4.78 is 40.1. The van der Waals surface area contributed by atoms with Crippen LogP contribution in [-0.4, -0.2) is 22.2 Å². The van der Waals surface area contributed by atoms with Gasteiger partial charge in [0, 0.05) is 30.9 Å². The van der Waals surface area contributed by atoms with Gasteiger partial charge in [-0.3, -0.25) is 0 Å². The van der Waals surface area contributed by atoms with Gasteiger partial charge >= 0.3 is 6.18 Å². The third-order valence-electron chi connectivity index (χ3n) is 3.58. The molecule has 0 aliphatic carbocycles. The van der Waals surface area contributed by atoms with Crippen molar-refractivity contribution in [2.75, 3.05) is 19.0 Å². The smallest absolute Gasteiger partial charge is 0.377 e. The second-order valence-electron chi connectivity index (χ2n) is 7.17. The highest BCUT2D eigenvalue weighted by Gasteiger charge is 2.33. The van der Waals surface area contributed by atoms with Crippen molar-refractivity contribution in [2.24, 2.45) is 0 Å². The maximum Gasteiger partial charge on any atom is 0.417 e. The number of rotatable bonds is 2. The van der Waals surface area contributed by atoms with Crippen LogP contribution in [0.2, 0.25) is 19.6 Å². The van der Waals surface area contributed by atoms with E-state index in [1.807, 2.05) is 25.1 Å². The summed E-state index contributed by atoms with van der Waals surface area (Å²) >= 11 is 0. The molecule has 0 atom stereocenters. The second-order valence-corrected chi connectivity index (χ2v) is 11.9. The predicted molar refractivity (Wildman–Crippen MR) is 101 cm³/mol. The molecular formula is C20H22F3NSi. The Kier molecular flexibility index (Phi) is 5.33. The van der Waals surface area contributed by atoms with Gasteiger partial charge in [0.05, 0.1) is 5.56 Å². The molecule has 0 radical (unpaired) electrons. The Hall–Kier alpha value is -2.19. The summed E-state index contributed by atoms with van der Waals surface area (Å²) in [6, 6.07) is 11.1. The third-order valence-corrected chi connectivity index (χ3v) is 4.46. The topological polar surface area (TPSA) is 3.24 Å². The lowest BCUT2D eigenvalue weighted by Gasteiger charge is -2.21. The van der Waals surface area contributed by atoms with E-state index < -0.39 is 19.8 Å². The number of hydrogen-bond donors (Lipinski definition) is 0. The van der Waals surface area contributed by atoms with Crippen LogP contribution in [0, 0.1) is 11.5 Å². The number of nitrogens with zero attached hydrogens (tertiary/aromatic N) is 1. The molecule has 2 rings (SSSR count). The van der Waals surface area contributed by atoms with Crippen molar-refractivity contribution >= 4 is 13.8 Å². The summed E-state index contributed by atoms with van der Waals surface area (Å²) in [5.74, 6) is 3.17. The van der Waals surface area contributed by atoms with E-state index in [2.05, 4.69) is 31.1 Å². The molecule has 0 aliphatic heterocycles. The zero-order chi connectivity index (χ0) is 18.8. The molecular weight excluding hydrogens is 339 g/mol.